The third kappa shape index (κ3) is 4.04. The molecule has 0 spiro atoms. The summed E-state index contributed by atoms with van der Waals surface area (Å²) in [4.78, 5) is 33.5. The van der Waals surface area contributed by atoms with Gasteiger partial charge >= 0.3 is 0 Å². The fourth-order valence-corrected chi connectivity index (χ4v) is 4.54. The number of rotatable bonds is 4. The molecule has 27 heavy (non-hydrogen) atoms. The molecule has 6 nitrogen and oxygen atoms in total. The molecule has 142 valence electrons. The van der Waals surface area contributed by atoms with Crippen LogP contribution in [0.5, 0.6) is 0 Å². The molecule has 2 amide bonds. The second kappa shape index (κ2) is 7.78. The van der Waals surface area contributed by atoms with Crippen LogP contribution in [0.15, 0.2) is 29.6 Å². The zero-order valence-electron chi connectivity index (χ0n) is 15.5. The highest BCUT2D eigenvalue weighted by atomic mass is 32.1. The van der Waals surface area contributed by atoms with Crippen molar-refractivity contribution in [3.63, 3.8) is 0 Å². The molecule has 0 unspecified atom stereocenters. The number of benzene rings is 1. The van der Waals surface area contributed by atoms with Gasteiger partial charge in [-0.15, -0.1) is 11.3 Å². The van der Waals surface area contributed by atoms with Crippen LogP contribution in [0.3, 0.4) is 0 Å². The fraction of sp³-hybridized carbons (Fsp3) is 0.450. The summed E-state index contributed by atoms with van der Waals surface area (Å²) in [6, 6.07) is 8.13. The van der Waals surface area contributed by atoms with Crippen molar-refractivity contribution in [3.05, 3.63) is 40.9 Å². The molecule has 2 aromatic rings. The van der Waals surface area contributed by atoms with Crippen molar-refractivity contribution in [2.24, 2.45) is 5.92 Å². The Labute approximate surface area is 163 Å². The first-order valence-electron chi connectivity index (χ1n) is 9.44. The number of carbonyl (C=O) groups is 2. The van der Waals surface area contributed by atoms with E-state index in [2.05, 4.69) is 21.3 Å². The smallest absolute Gasteiger partial charge is 0.241 e. The highest BCUT2D eigenvalue weighted by Gasteiger charge is 2.29. The molecule has 1 aromatic carbocycles. The molecule has 2 aliphatic heterocycles. The number of aryl methyl sites for hydroxylation is 1. The van der Waals surface area contributed by atoms with Crippen molar-refractivity contribution in [1.29, 1.82) is 0 Å². The lowest BCUT2D eigenvalue weighted by Gasteiger charge is -2.31. The van der Waals surface area contributed by atoms with Crippen LogP contribution in [0, 0.1) is 12.8 Å². The predicted octanol–water partition coefficient (Wildman–Crippen LogP) is 2.69. The third-order valence-corrected chi connectivity index (χ3v) is 6.23. The first kappa shape index (κ1) is 18.1. The number of fused-ring (bicyclic) bond motifs is 1. The summed E-state index contributed by atoms with van der Waals surface area (Å²) >= 11 is 1.46. The Morgan fingerprint density at radius 3 is 2.74 bits per heavy atom. The van der Waals surface area contributed by atoms with Gasteiger partial charge in [0.1, 0.15) is 0 Å². The minimum atomic E-state index is -0.00642. The van der Waals surface area contributed by atoms with Crippen molar-refractivity contribution in [3.8, 4) is 0 Å². The number of carbonyl (C=O) groups excluding carboxylic acids is 2. The molecule has 1 aromatic heterocycles. The SMILES string of the molecule is Cc1csc(NC(=O)C2CCN(CC(=O)N3CCc4ccccc43)CC2)n1. The lowest BCUT2D eigenvalue weighted by molar-refractivity contribution is -0.122. The van der Waals surface area contributed by atoms with E-state index < -0.39 is 0 Å². The summed E-state index contributed by atoms with van der Waals surface area (Å²) in [5.74, 6) is 0.193. The number of thiazole rings is 1. The molecule has 3 heterocycles. The van der Waals surface area contributed by atoms with Gasteiger partial charge in [0.2, 0.25) is 11.8 Å². The lowest BCUT2D eigenvalue weighted by Crippen LogP contribution is -2.44. The molecule has 1 N–H and O–H groups in total. The van der Waals surface area contributed by atoms with E-state index in [1.54, 1.807) is 0 Å². The summed E-state index contributed by atoms with van der Waals surface area (Å²) in [6.07, 6.45) is 2.49. The minimum Gasteiger partial charge on any atom is -0.311 e. The van der Waals surface area contributed by atoms with Crippen LogP contribution >= 0.6 is 11.3 Å². The van der Waals surface area contributed by atoms with Gasteiger partial charge in [0, 0.05) is 23.5 Å². The van der Waals surface area contributed by atoms with Gasteiger partial charge in [0.15, 0.2) is 5.13 Å². The summed E-state index contributed by atoms with van der Waals surface area (Å²) in [5.41, 5.74) is 3.22. The van der Waals surface area contributed by atoms with E-state index >= 15 is 0 Å². The van der Waals surface area contributed by atoms with Crippen molar-refractivity contribution in [2.75, 3.05) is 36.4 Å². The highest BCUT2D eigenvalue weighted by Crippen LogP contribution is 2.28. The summed E-state index contributed by atoms with van der Waals surface area (Å²) < 4.78 is 0. The van der Waals surface area contributed by atoms with Crippen LogP contribution in [-0.2, 0) is 16.0 Å². The normalized spacial score (nSPS) is 17.7. The second-order valence-electron chi connectivity index (χ2n) is 7.26. The van der Waals surface area contributed by atoms with Gasteiger partial charge in [-0.1, -0.05) is 18.2 Å². The summed E-state index contributed by atoms with van der Waals surface area (Å²) in [6.45, 7) is 4.66. The second-order valence-corrected chi connectivity index (χ2v) is 8.12. The van der Waals surface area contributed by atoms with Crippen LogP contribution in [0.25, 0.3) is 0 Å². The predicted molar refractivity (Wildman–Crippen MR) is 107 cm³/mol. The molecule has 0 saturated carbocycles. The van der Waals surface area contributed by atoms with E-state index in [4.69, 9.17) is 0 Å². The topological polar surface area (TPSA) is 65.5 Å². The number of para-hydroxylation sites is 1. The van der Waals surface area contributed by atoms with E-state index in [-0.39, 0.29) is 17.7 Å². The largest absolute Gasteiger partial charge is 0.311 e. The molecule has 7 heteroatoms. The van der Waals surface area contributed by atoms with Crippen molar-refractivity contribution in [1.82, 2.24) is 9.88 Å². The quantitative estimate of drug-likeness (QED) is 0.880. The molecule has 4 rings (SSSR count). The summed E-state index contributed by atoms with van der Waals surface area (Å²) in [5, 5.41) is 5.52. The number of anilines is 2. The average Bonchev–Trinajstić information content (AvgIpc) is 3.28. The summed E-state index contributed by atoms with van der Waals surface area (Å²) in [7, 11) is 0. The maximum atomic E-state index is 12.7. The van der Waals surface area contributed by atoms with Crippen LogP contribution in [0.1, 0.15) is 24.1 Å². The molecule has 0 radical (unpaired) electrons. The number of amides is 2. The number of nitrogens with zero attached hydrogens (tertiary/aromatic N) is 3. The molecule has 2 aliphatic rings. The Kier molecular flexibility index (Phi) is 5.22. The third-order valence-electron chi connectivity index (χ3n) is 5.35. The highest BCUT2D eigenvalue weighted by molar-refractivity contribution is 7.13. The van der Waals surface area contributed by atoms with Gasteiger partial charge in [-0.3, -0.25) is 14.5 Å². The van der Waals surface area contributed by atoms with Crippen molar-refractivity contribution >= 4 is 34.0 Å². The van der Waals surface area contributed by atoms with E-state index in [0.29, 0.717) is 11.7 Å². The van der Waals surface area contributed by atoms with Crippen LogP contribution in [0.2, 0.25) is 0 Å². The maximum Gasteiger partial charge on any atom is 0.241 e. The zero-order chi connectivity index (χ0) is 18.8. The number of aromatic nitrogens is 1. The first-order chi connectivity index (χ1) is 13.1. The Morgan fingerprint density at radius 1 is 1.22 bits per heavy atom. The van der Waals surface area contributed by atoms with E-state index in [9.17, 15) is 9.59 Å². The number of hydrogen-bond acceptors (Lipinski definition) is 5. The van der Waals surface area contributed by atoms with Gasteiger partial charge in [-0.25, -0.2) is 4.98 Å². The van der Waals surface area contributed by atoms with E-state index in [1.807, 2.05) is 35.4 Å². The van der Waals surface area contributed by atoms with Gasteiger partial charge in [-0.2, -0.15) is 0 Å². The number of hydrogen-bond donors (Lipinski definition) is 1. The molecule has 1 saturated heterocycles. The Bertz CT molecular complexity index is 842. The molecule has 1 fully saturated rings. The van der Waals surface area contributed by atoms with Gasteiger partial charge < -0.3 is 10.2 Å². The molecular weight excluding hydrogens is 360 g/mol. The Balaban J connectivity index is 1.27. The van der Waals surface area contributed by atoms with Crippen LogP contribution < -0.4 is 10.2 Å². The standard InChI is InChI=1S/C20H24N4O2S/c1-14-13-27-20(21-14)22-19(26)16-6-9-23(10-7-16)12-18(25)24-11-8-15-4-2-3-5-17(15)24/h2-5,13,16H,6-12H2,1H3,(H,21,22,26). The maximum absolute atomic E-state index is 12.7. The van der Waals surface area contributed by atoms with Crippen LogP contribution in [0.4, 0.5) is 10.8 Å². The van der Waals surface area contributed by atoms with Gasteiger partial charge in [0.05, 0.1) is 12.2 Å². The van der Waals surface area contributed by atoms with Gasteiger partial charge in [0.25, 0.3) is 0 Å². The molecule has 0 aliphatic carbocycles. The Morgan fingerprint density at radius 2 is 2.00 bits per heavy atom. The van der Waals surface area contributed by atoms with Crippen LogP contribution in [-0.4, -0.2) is 47.9 Å². The minimum absolute atomic E-state index is 0.00642. The average molecular weight is 385 g/mol. The molecule has 0 atom stereocenters. The van der Waals surface area contributed by atoms with Gasteiger partial charge in [-0.05, 0) is 50.9 Å². The van der Waals surface area contributed by atoms with Crippen molar-refractivity contribution < 1.29 is 9.59 Å². The van der Waals surface area contributed by atoms with Crippen molar-refractivity contribution in [2.45, 2.75) is 26.2 Å². The monoisotopic (exact) mass is 384 g/mol. The number of nitrogens with one attached hydrogen (secondary N) is 1. The van der Waals surface area contributed by atoms with E-state index in [1.165, 1.54) is 16.9 Å². The first-order valence-corrected chi connectivity index (χ1v) is 10.3. The Hall–Kier alpha value is -2.25. The van der Waals surface area contributed by atoms with E-state index in [0.717, 1.165) is 50.3 Å². The lowest BCUT2D eigenvalue weighted by atomic mass is 9.96. The molecule has 0 bridgehead atoms. The number of piperidine rings is 1. The number of likely N-dealkylation sites (tertiary alicyclic amines) is 1. The molecular formula is C20H24N4O2S. The zero-order valence-corrected chi connectivity index (χ0v) is 16.3. The fourth-order valence-electron chi connectivity index (χ4n) is 3.85.